The van der Waals surface area contributed by atoms with E-state index in [1.54, 1.807) is 40.0 Å². The van der Waals surface area contributed by atoms with E-state index in [1.165, 1.54) is 7.11 Å². The van der Waals surface area contributed by atoms with Gasteiger partial charge in [0.1, 0.15) is 42.0 Å². The number of hydrogen-bond acceptors (Lipinski definition) is 16. The van der Waals surface area contributed by atoms with Crippen molar-refractivity contribution in [1.29, 1.82) is 0 Å². The van der Waals surface area contributed by atoms with Crippen LogP contribution in [0.1, 0.15) is 101 Å². The fourth-order valence-corrected chi connectivity index (χ4v) is 12.0. The van der Waals surface area contributed by atoms with Gasteiger partial charge in [-0.3, -0.25) is 4.79 Å². The number of esters is 1. The lowest BCUT2D eigenvalue weighted by Gasteiger charge is -2.48. The van der Waals surface area contributed by atoms with Crippen molar-refractivity contribution in [2.45, 2.75) is 198 Å². The molecule has 0 radical (unpaired) electrons. The van der Waals surface area contributed by atoms with Gasteiger partial charge in [0.2, 0.25) is 0 Å². The maximum absolute atomic E-state index is 14.4. The van der Waals surface area contributed by atoms with E-state index in [0.717, 1.165) is 12.0 Å². The van der Waals surface area contributed by atoms with Gasteiger partial charge in [-0.15, -0.1) is 0 Å². The smallest absolute Gasteiger partial charge is 0.336 e. The molecule has 0 aromatic carbocycles. The molecule has 7 aliphatic rings. The summed E-state index contributed by atoms with van der Waals surface area (Å²) >= 11 is 0. The van der Waals surface area contributed by atoms with Crippen molar-refractivity contribution in [3.8, 4) is 0 Å². The normalized spacial score (nSPS) is 46.1. The Balaban J connectivity index is 1.14. The first-order chi connectivity index (χ1) is 32.2. The predicted octanol–water partition coefficient (Wildman–Crippen LogP) is 5.26. The van der Waals surface area contributed by atoms with E-state index in [0.29, 0.717) is 30.4 Å². The molecular formula is C50H77NO16S. The van der Waals surface area contributed by atoms with Crippen molar-refractivity contribution in [3.05, 3.63) is 59.3 Å². The fraction of sp³-hybridized carbons (Fsp3) is 0.780. The van der Waals surface area contributed by atoms with Crippen molar-refractivity contribution >= 4 is 16.3 Å². The fourth-order valence-electron chi connectivity index (χ4n) is 11.0. The van der Waals surface area contributed by atoms with Gasteiger partial charge in [0.05, 0.1) is 49.3 Å². The minimum Gasteiger partial charge on any atom is -0.462 e. The highest BCUT2D eigenvalue weighted by molar-refractivity contribution is 7.84. The van der Waals surface area contributed by atoms with Crippen molar-refractivity contribution < 1.29 is 75.0 Å². The van der Waals surface area contributed by atoms with Crippen molar-refractivity contribution in [2.75, 3.05) is 27.4 Å². The third-order valence-corrected chi connectivity index (χ3v) is 16.1. The Kier molecular flexibility index (Phi) is 17.4. The molecule has 7 rings (SSSR count). The second kappa shape index (κ2) is 22.2. The van der Waals surface area contributed by atoms with Gasteiger partial charge >= 0.3 is 16.3 Å². The number of carbonyl (C=O) groups excluding carboxylic acids is 1. The Morgan fingerprint density at radius 2 is 1.57 bits per heavy atom. The maximum Gasteiger partial charge on any atom is 0.336 e. The molecule has 4 fully saturated rings. The van der Waals surface area contributed by atoms with Crippen LogP contribution in [0.3, 0.4) is 0 Å². The molecule has 6 aliphatic heterocycles. The van der Waals surface area contributed by atoms with Gasteiger partial charge in [-0.25, -0.2) is 4.18 Å². The van der Waals surface area contributed by atoms with Crippen LogP contribution in [-0.2, 0) is 66.7 Å². The second-order valence-corrected chi connectivity index (χ2v) is 21.4. The molecule has 384 valence electrons. The molecule has 17 nitrogen and oxygen atoms in total. The molecule has 0 aromatic rings. The highest BCUT2D eigenvalue weighted by atomic mass is 32.2. The van der Waals surface area contributed by atoms with Crippen LogP contribution in [0.15, 0.2) is 59.3 Å². The number of fused-ring (bicyclic) bond motifs is 2. The summed E-state index contributed by atoms with van der Waals surface area (Å²) in [6.07, 6.45) is 6.89. The van der Waals surface area contributed by atoms with E-state index in [-0.39, 0.29) is 49.9 Å². The third kappa shape index (κ3) is 11.4. The summed E-state index contributed by atoms with van der Waals surface area (Å²) in [6.45, 7) is 17.7. The van der Waals surface area contributed by atoms with Crippen LogP contribution in [0.25, 0.3) is 0 Å². The van der Waals surface area contributed by atoms with E-state index < -0.39 is 113 Å². The molecule has 1 spiro atoms. The Bertz CT molecular complexity index is 2030. The summed E-state index contributed by atoms with van der Waals surface area (Å²) in [5.41, 5.74) is 0.0393. The van der Waals surface area contributed by atoms with Gasteiger partial charge in [0.25, 0.3) is 0 Å². The Morgan fingerprint density at radius 1 is 0.897 bits per heavy atom. The summed E-state index contributed by atoms with van der Waals surface area (Å²) in [5.74, 6) is -2.71. The first-order valence-corrected chi connectivity index (χ1v) is 26.0. The lowest BCUT2D eigenvalue weighted by atomic mass is 9.71. The molecule has 0 saturated carbocycles. The Hall–Kier alpha value is -2.40. The highest BCUT2D eigenvalue weighted by Gasteiger charge is 2.60. The molecule has 1 aliphatic carbocycles. The molecule has 18 heteroatoms. The minimum absolute atomic E-state index is 0.00999. The number of methoxy groups -OCH3 is 2. The lowest BCUT2D eigenvalue weighted by Crippen LogP contribution is -2.58. The first-order valence-electron chi connectivity index (χ1n) is 24.6. The van der Waals surface area contributed by atoms with Crippen LogP contribution in [0, 0.1) is 23.7 Å². The summed E-state index contributed by atoms with van der Waals surface area (Å²) in [6, 6.07) is 0. The summed E-state index contributed by atoms with van der Waals surface area (Å²) in [4.78, 5) is 14.4. The largest absolute Gasteiger partial charge is 0.462 e. The van der Waals surface area contributed by atoms with Crippen molar-refractivity contribution in [2.24, 2.45) is 23.7 Å². The van der Waals surface area contributed by atoms with Crippen LogP contribution in [-0.4, -0.2) is 149 Å². The van der Waals surface area contributed by atoms with E-state index in [1.807, 2.05) is 39.0 Å². The van der Waals surface area contributed by atoms with Crippen LogP contribution >= 0.6 is 0 Å². The third-order valence-electron chi connectivity index (χ3n) is 15.0. The lowest BCUT2D eigenvalue weighted by molar-refractivity contribution is -0.317. The van der Waals surface area contributed by atoms with E-state index in [2.05, 4.69) is 37.6 Å². The maximum atomic E-state index is 14.4. The summed E-state index contributed by atoms with van der Waals surface area (Å²) < 4.78 is 96.9. The minimum atomic E-state index is -4.02. The molecule has 20 atom stereocenters. The topological polar surface area (TPSA) is 205 Å². The summed E-state index contributed by atoms with van der Waals surface area (Å²) in [5, 5.41) is 23.8. The van der Waals surface area contributed by atoms with Gasteiger partial charge in [-0.05, 0) is 62.8 Å². The number of nitrogens with one attached hydrogen (secondary N) is 1. The molecule has 6 heterocycles. The standard InChI is InChI=1S/C50H77NO16S/c1-12-27(3)44-30(6)19-20-49(66-44)25-36-22-35(65-49)18-17-29(5)43(28(4)15-14-16-34-26-59-47-42(52)31(7)21-37(48(53)62-36)50(34,47)54)63-40-23-38(57-10)45(32(8)60-40)64-41-24-39(58-11)46(33(9)61-41)67-68(55,56)51-13-2/h14-17,19-21,27-28,30,32-33,35-47,51-52,54H,12-13,18,22-26H2,1-11H3/b15-14+,29-17+,34-16+/t27?,28-,30-,32-,33-,35+,36-,37-,38-,39-,40-,41-,42+,43-,44+,45-,46-,47+,49+,50+/m0/s1. The van der Waals surface area contributed by atoms with Gasteiger partial charge in [0, 0.05) is 58.3 Å². The molecule has 1 unspecified atom stereocenters. The molecule has 4 saturated heterocycles. The highest BCUT2D eigenvalue weighted by Crippen LogP contribution is 2.47. The molecule has 2 bridgehead atoms. The average Bonchev–Trinajstić information content (AvgIpc) is 3.63. The molecule has 0 amide bonds. The number of carbonyl (C=O) groups is 1. The monoisotopic (exact) mass is 979 g/mol. The van der Waals surface area contributed by atoms with Crippen LogP contribution < -0.4 is 4.72 Å². The average molecular weight is 980 g/mol. The predicted molar refractivity (Wildman–Crippen MR) is 249 cm³/mol. The summed E-state index contributed by atoms with van der Waals surface area (Å²) in [7, 11) is -0.912. The van der Waals surface area contributed by atoms with E-state index >= 15 is 0 Å². The van der Waals surface area contributed by atoms with E-state index in [9.17, 15) is 23.4 Å². The van der Waals surface area contributed by atoms with Gasteiger partial charge in [-0.2, -0.15) is 13.1 Å². The molecule has 68 heavy (non-hydrogen) atoms. The number of allylic oxidation sites excluding steroid dienone is 2. The quantitative estimate of drug-likeness (QED) is 0.169. The molecular weight excluding hydrogens is 903 g/mol. The zero-order valence-electron chi connectivity index (χ0n) is 41.6. The zero-order chi connectivity index (χ0) is 49.3. The number of rotatable bonds is 12. The van der Waals surface area contributed by atoms with Gasteiger partial charge < -0.3 is 57.6 Å². The number of hydrogen-bond donors (Lipinski definition) is 3. The molecule has 3 N–H and O–H groups in total. The SMILES string of the molecule is CCNS(=O)(=O)O[C@H]1[C@H](C)O[C@@H](O[C@H]2[C@H](C)O[C@@H](O[C@@H]3/C(C)=C/C[C@@H]4C[C@@H](C[C@]5(C=C[C@H](C)[C@@H](C(C)CC)O5)O4)OC(=O)[C@@H]4C=C(C)[C@@H](O)[C@H]5OC/C(=C\C=C\[C@@H]3C)[C@]54O)C[C@@H]2OC)C[C@@H]1OC. The van der Waals surface area contributed by atoms with E-state index in [4.69, 9.17) is 51.6 Å². The van der Waals surface area contributed by atoms with Gasteiger partial charge in [-0.1, -0.05) is 77.5 Å². The van der Waals surface area contributed by atoms with Crippen molar-refractivity contribution in [3.63, 3.8) is 0 Å². The van der Waals surface area contributed by atoms with Gasteiger partial charge in [0.15, 0.2) is 18.4 Å². The van der Waals surface area contributed by atoms with Crippen LogP contribution in [0.2, 0.25) is 0 Å². The van der Waals surface area contributed by atoms with Crippen LogP contribution in [0.4, 0.5) is 0 Å². The zero-order valence-corrected chi connectivity index (χ0v) is 42.4. The number of aliphatic hydroxyl groups excluding tert-OH is 1. The Labute approximate surface area is 403 Å². The number of aliphatic hydroxyl groups is 2. The number of ether oxygens (including phenoxy) is 10. The second-order valence-electron chi connectivity index (χ2n) is 20.0. The van der Waals surface area contributed by atoms with Crippen molar-refractivity contribution in [1.82, 2.24) is 4.72 Å². The molecule has 0 aromatic heterocycles. The van der Waals surface area contributed by atoms with Crippen LogP contribution in [0.5, 0.6) is 0 Å². The Morgan fingerprint density at radius 3 is 2.25 bits per heavy atom. The first kappa shape index (κ1) is 53.4.